The van der Waals surface area contributed by atoms with Gasteiger partial charge in [0.25, 0.3) is 0 Å². The van der Waals surface area contributed by atoms with Gasteiger partial charge in [0, 0.05) is 31.0 Å². The molecule has 3 rings (SSSR count). The van der Waals surface area contributed by atoms with E-state index in [1.807, 2.05) is 12.1 Å². The second kappa shape index (κ2) is 8.17. The van der Waals surface area contributed by atoms with Crippen LogP contribution in [-0.4, -0.2) is 36.9 Å². The first-order valence-electron chi connectivity index (χ1n) is 8.69. The number of nitrogens with one attached hydrogen (secondary N) is 2. The standard InChI is InChI=1S/C18H23ClN2O4/c19-15-7-3-2-6-13(15)10-20-16(22)17(23)21-11-14-12-24-18(25-14)8-4-1-5-9-18/h2-3,6-7,14H,1,4-5,8-12H2,(H,20,22)(H,21,23)/t14-/m1/s1. The maximum atomic E-state index is 11.9. The highest BCUT2D eigenvalue weighted by atomic mass is 35.5. The molecule has 1 heterocycles. The third-order valence-electron chi connectivity index (χ3n) is 4.62. The molecule has 2 N–H and O–H groups in total. The SMILES string of the molecule is O=C(NCc1ccccc1Cl)C(=O)NC[C@@H]1COC2(CCCCC2)O1. The number of rotatable bonds is 4. The van der Waals surface area contributed by atoms with Gasteiger partial charge in [-0.05, 0) is 24.5 Å². The molecule has 1 aliphatic heterocycles. The third kappa shape index (κ3) is 4.71. The zero-order chi connectivity index (χ0) is 17.7. The van der Waals surface area contributed by atoms with E-state index in [2.05, 4.69) is 10.6 Å². The van der Waals surface area contributed by atoms with Crippen LogP contribution in [0.2, 0.25) is 5.02 Å². The van der Waals surface area contributed by atoms with Gasteiger partial charge < -0.3 is 20.1 Å². The molecule has 0 bridgehead atoms. The summed E-state index contributed by atoms with van der Waals surface area (Å²) in [6.45, 7) is 0.916. The van der Waals surface area contributed by atoms with E-state index in [4.69, 9.17) is 21.1 Å². The molecule has 1 aromatic rings. The maximum Gasteiger partial charge on any atom is 0.309 e. The zero-order valence-corrected chi connectivity index (χ0v) is 14.8. The molecule has 1 spiro atoms. The van der Waals surface area contributed by atoms with Crippen LogP contribution in [-0.2, 0) is 25.6 Å². The minimum atomic E-state index is -0.689. The Balaban J connectivity index is 1.40. The molecule has 2 fully saturated rings. The van der Waals surface area contributed by atoms with Crippen molar-refractivity contribution in [3.05, 3.63) is 34.9 Å². The van der Waals surface area contributed by atoms with Crippen LogP contribution in [0.1, 0.15) is 37.7 Å². The summed E-state index contributed by atoms with van der Waals surface area (Å²) in [5.74, 6) is -1.84. The number of hydrogen-bond acceptors (Lipinski definition) is 4. The van der Waals surface area contributed by atoms with Gasteiger partial charge in [-0.25, -0.2) is 0 Å². The van der Waals surface area contributed by atoms with Crippen molar-refractivity contribution < 1.29 is 19.1 Å². The van der Waals surface area contributed by atoms with Crippen molar-refractivity contribution in [2.24, 2.45) is 0 Å². The third-order valence-corrected chi connectivity index (χ3v) is 4.99. The Morgan fingerprint density at radius 1 is 1.12 bits per heavy atom. The van der Waals surface area contributed by atoms with Crippen LogP contribution < -0.4 is 10.6 Å². The molecule has 7 heteroatoms. The minimum absolute atomic E-state index is 0.206. The average Bonchev–Trinajstić information content (AvgIpc) is 3.01. The summed E-state index contributed by atoms with van der Waals surface area (Å²) < 4.78 is 11.8. The van der Waals surface area contributed by atoms with Crippen molar-refractivity contribution >= 4 is 23.4 Å². The quantitative estimate of drug-likeness (QED) is 0.800. The van der Waals surface area contributed by atoms with Crippen LogP contribution >= 0.6 is 11.6 Å². The molecule has 6 nitrogen and oxygen atoms in total. The van der Waals surface area contributed by atoms with E-state index in [9.17, 15) is 9.59 Å². The Labute approximate surface area is 152 Å². The fourth-order valence-corrected chi connectivity index (χ4v) is 3.46. The Bertz CT molecular complexity index is 631. The van der Waals surface area contributed by atoms with E-state index in [1.54, 1.807) is 12.1 Å². The molecular weight excluding hydrogens is 344 g/mol. The summed E-state index contributed by atoms with van der Waals surface area (Å²) in [5.41, 5.74) is 0.761. The first kappa shape index (κ1) is 18.2. The van der Waals surface area contributed by atoms with Crippen molar-refractivity contribution in [1.82, 2.24) is 10.6 Å². The monoisotopic (exact) mass is 366 g/mol. The first-order valence-corrected chi connectivity index (χ1v) is 9.07. The summed E-state index contributed by atoms with van der Waals surface area (Å²) in [6, 6.07) is 7.17. The second-order valence-corrected chi connectivity index (χ2v) is 6.91. The number of ether oxygens (including phenoxy) is 2. The lowest BCUT2D eigenvalue weighted by molar-refractivity contribution is -0.186. The number of amides is 2. The van der Waals surface area contributed by atoms with Crippen molar-refractivity contribution in [2.75, 3.05) is 13.2 Å². The lowest BCUT2D eigenvalue weighted by Crippen LogP contribution is -2.43. The van der Waals surface area contributed by atoms with Crippen molar-refractivity contribution in [1.29, 1.82) is 0 Å². The maximum absolute atomic E-state index is 11.9. The van der Waals surface area contributed by atoms with Crippen LogP contribution in [0.3, 0.4) is 0 Å². The van der Waals surface area contributed by atoms with E-state index in [-0.39, 0.29) is 19.2 Å². The van der Waals surface area contributed by atoms with E-state index in [0.717, 1.165) is 31.2 Å². The van der Waals surface area contributed by atoms with Gasteiger partial charge in [0.1, 0.15) is 6.10 Å². The second-order valence-electron chi connectivity index (χ2n) is 6.51. The zero-order valence-electron chi connectivity index (χ0n) is 14.1. The van der Waals surface area contributed by atoms with E-state index in [1.165, 1.54) is 6.42 Å². The van der Waals surface area contributed by atoms with Gasteiger partial charge in [-0.3, -0.25) is 9.59 Å². The van der Waals surface area contributed by atoms with Crippen LogP contribution in [0.5, 0.6) is 0 Å². The van der Waals surface area contributed by atoms with Crippen molar-refractivity contribution in [3.63, 3.8) is 0 Å². The number of hydrogen-bond donors (Lipinski definition) is 2. The van der Waals surface area contributed by atoms with Gasteiger partial charge in [0.05, 0.1) is 6.61 Å². The molecule has 1 saturated carbocycles. The smallest absolute Gasteiger partial charge is 0.309 e. The van der Waals surface area contributed by atoms with Crippen molar-refractivity contribution in [3.8, 4) is 0 Å². The van der Waals surface area contributed by atoms with Gasteiger partial charge >= 0.3 is 11.8 Å². The summed E-state index contributed by atoms with van der Waals surface area (Å²) in [4.78, 5) is 23.8. The number of carbonyl (C=O) groups excluding carboxylic acids is 2. The lowest BCUT2D eigenvalue weighted by Gasteiger charge is -2.31. The number of benzene rings is 1. The van der Waals surface area contributed by atoms with Crippen LogP contribution in [0.4, 0.5) is 0 Å². The van der Waals surface area contributed by atoms with Crippen molar-refractivity contribution in [2.45, 2.75) is 50.5 Å². The molecule has 0 radical (unpaired) electrons. The molecule has 2 amide bonds. The number of halogens is 1. The molecule has 2 aliphatic rings. The van der Waals surface area contributed by atoms with Gasteiger partial charge in [-0.1, -0.05) is 36.2 Å². The Morgan fingerprint density at radius 2 is 1.84 bits per heavy atom. The predicted molar refractivity (Wildman–Crippen MR) is 92.9 cm³/mol. The molecule has 25 heavy (non-hydrogen) atoms. The fraction of sp³-hybridized carbons (Fsp3) is 0.556. The minimum Gasteiger partial charge on any atom is -0.347 e. The van der Waals surface area contributed by atoms with E-state index < -0.39 is 17.6 Å². The molecule has 1 aliphatic carbocycles. The predicted octanol–water partition coefficient (Wildman–Crippen LogP) is 2.15. The molecule has 1 saturated heterocycles. The van der Waals surface area contributed by atoms with E-state index >= 15 is 0 Å². The molecule has 136 valence electrons. The molecule has 0 unspecified atom stereocenters. The van der Waals surface area contributed by atoms with E-state index in [0.29, 0.717) is 11.6 Å². The average molecular weight is 367 g/mol. The summed E-state index contributed by atoms with van der Waals surface area (Å²) >= 11 is 6.02. The first-order chi connectivity index (χ1) is 12.1. The topological polar surface area (TPSA) is 76.7 Å². The molecule has 1 aromatic carbocycles. The van der Waals surface area contributed by atoms with Gasteiger partial charge in [-0.2, -0.15) is 0 Å². The highest BCUT2D eigenvalue weighted by Gasteiger charge is 2.42. The highest BCUT2D eigenvalue weighted by molar-refractivity contribution is 6.35. The summed E-state index contributed by atoms with van der Waals surface area (Å²) in [5, 5.41) is 5.73. The van der Waals surface area contributed by atoms with Crippen LogP contribution in [0.15, 0.2) is 24.3 Å². The summed E-state index contributed by atoms with van der Waals surface area (Å²) in [6.07, 6.45) is 5.00. The lowest BCUT2D eigenvalue weighted by atomic mass is 9.94. The Morgan fingerprint density at radius 3 is 2.60 bits per heavy atom. The Hall–Kier alpha value is -1.63. The number of carbonyl (C=O) groups is 2. The van der Waals surface area contributed by atoms with Crippen LogP contribution in [0.25, 0.3) is 0 Å². The van der Waals surface area contributed by atoms with Gasteiger partial charge in [0.2, 0.25) is 0 Å². The Kier molecular flexibility index (Phi) is 5.93. The van der Waals surface area contributed by atoms with Crippen LogP contribution in [0, 0.1) is 0 Å². The fourth-order valence-electron chi connectivity index (χ4n) is 3.25. The molecule has 0 aromatic heterocycles. The highest BCUT2D eigenvalue weighted by Crippen LogP contribution is 2.37. The summed E-state index contributed by atoms with van der Waals surface area (Å²) in [7, 11) is 0. The molecular formula is C18H23ClN2O4. The normalized spacial score (nSPS) is 21.9. The van der Waals surface area contributed by atoms with Gasteiger partial charge in [-0.15, -0.1) is 0 Å². The van der Waals surface area contributed by atoms with Gasteiger partial charge in [0.15, 0.2) is 5.79 Å². The largest absolute Gasteiger partial charge is 0.347 e. The molecule has 1 atom stereocenters.